The maximum atomic E-state index is 11.0. The Bertz CT molecular complexity index is 362. The summed E-state index contributed by atoms with van der Waals surface area (Å²) in [4.78, 5) is 26.6. The van der Waals surface area contributed by atoms with Gasteiger partial charge in [0.1, 0.15) is 0 Å². The lowest BCUT2D eigenvalue weighted by molar-refractivity contribution is -0.139. The van der Waals surface area contributed by atoms with Gasteiger partial charge in [-0.2, -0.15) is 0 Å². The molecule has 0 bridgehead atoms. The molecule has 1 aromatic heterocycles. The predicted molar refractivity (Wildman–Crippen MR) is 59.5 cm³/mol. The summed E-state index contributed by atoms with van der Waals surface area (Å²) in [5, 5.41) is 0. The molecule has 1 heterocycles. The summed E-state index contributed by atoms with van der Waals surface area (Å²) in [5.74, 6) is -0.0313. The van der Waals surface area contributed by atoms with E-state index in [4.69, 9.17) is 4.74 Å². The maximum absolute atomic E-state index is 11.0. The van der Waals surface area contributed by atoms with Crippen LogP contribution in [0.25, 0.3) is 0 Å². The quantitative estimate of drug-likeness (QED) is 0.451. The van der Waals surface area contributed by atoms with E-state index in [0.29, 0.717) is 15.8 Å². The van der Waals surface area contributed by atoms with Crippen molar-refractivity contribution in [1.82, 2.24) is 4.98 Å². The first-order chi connectivity index (χ1) is 7.13. The highest BCUT2D eigenvalue weighted by Gasteiger charge is 2.08. The van der Waals surface area contributed by atoms with Crippen molar-refractivity contribution in [3.8, 4) is 0 Å². The van der Waals surface area contributed by atoms with Crippen LogP contribution >= 0.6 is 23.1 Å². The maximum Gasteiger partial charge on any atom is 0.316 e. The lowest BCUT2D eigenvalue weighted by Crippen LogP contribution is -2.06. The molecule has 0 saturated heterocycles. The minimum atomic E-state index is -0.262. The van der Waals surface area contributed by atoms with E-state index in [1.165, 1.54) is 36.2 Å². The molecule has 0 amide bonds. The molecule has 0 fully saturated rings. The minimum Gasteiger partial charge on any atom is -0.465 e. The zero-order chi connectivity index (χ0) is 11.3. The summed E-state index contributed by atoms with van der Waals surface area (Å²) < 4.78 is 5.48. The van der Waals surface area contributed by atoms with Gasteiger partial charge in [0.15, 0.2) is 10.1 Å². The number of Topliss-reactive ketones (excluding diaryl/α,β-unsaturated/α-hetero) is 1. The Morgan fingerprint density at radius 3 is 2.87 bits per heavy atom. The average Bonchev–Trinajstić information content (AvgIpc) is 2.63. The van der Waals surface area contributed by atoms with Crippen LogP contribution < -0.4 is 0 Å². The van der Waals surface area contributed by atoms with Crippen LogP contribution in [0.5, 0.6) is 0 Å². The van der Waals surface area contributed by atoms with Crippen molar-refractivity contribution in [3.05, 3.63) is 11.1 Å². The number of aromatic nitrogens is 1. The van der Waals surface area contributed by atoms with Crippen LogP contribution in [0.15, 0.2) is 10.5 Å². The number of thioether (sulfide) groups is 1. The van der Waals surface area contributed by atoms with E-state index in [1.54, 1.807) is 6.92 Å². The number of rotatable bonds is 5. The van der Waals surface area contributed by atoms with E-state index in [-0.39, 0.29) is 17.5 Å². The van der Waals surface area contributed by atoms with Crippen molar-refractivity contribution in [1.29, 1.82) is 0 Å². The number of carbonyl (C=O) groups excluding carboxylic acids is 2. The van der Waals surface area contributed by atoms with Crippen LogP contribution in [0.3, 0.4) is 0 Å². The molecule has 0 unspecified atom stereocenters. The number of ketones is 1. The molecule has 4 nitrogen and oxygen atoms in total. The number of ether oxygens (including phenoxy) is 1. The van der Waals surface area contributed by atoms with Crippen LogP contribution in [-0.2, 0) is 9.53 Å². The number of hydrogen-bond acceptors (Lipinski definition) is 6. The third kappa shape index (κ3) is 4.01. The second-order valence-electron chi connectivity index (χ2n) is 2.64. The van der Waals surface area contributed by atoms with Gasteiger partial charge in [-0.1, -0.05) is 11.8 Å². The fourth-order valence-corrected chi connectivity index (χ4v) is 2.49. The third-order valence-corrected chi connectivity index (χ3v) is 3.68. The van der Waals surface area contributed by atoms with Crippen LogP contribution in [0.2, 0.25) is 0 Å². The largest absolute Gasteiger partial charge is 0.465 e. The standard InChI is InChI=1S/C9H11NO3S2/c1-3-13-8(12)5-14-9-10-4-7(15-9)6(2)11/h4H,3,5H2,1-2H3. The minimum absolute atomic E-state index is 0.00418. The Kier molecular flexibility index (Phi) is 4.77. The molecule has 6 heteroatoms. The summed E-state index contributed by atoms with van der Waals surface area (Å²) in [6.07, 6.45) is 1.53. The second-order valence-corrected chi connectivity index (χ2v) is 4.89. The summed E-state index contributed by atoms with van der Waals surface area (Å²) in [6, 6.07) is 0. The highest BCUT2D eigenvalue weighted by Crippen LogP contribution is 2.24. The molecule has 0 spiro atoms. The summed E-state index contributed by atoms with van der Waals surface area (Å²) in [5.41, 5.74) is 0. The first-order valence-electron chi connectivity index (χ1n) is 4.38. The van der Waals surface area contributed by atoms with Gasteiger partial charge < -0.3 is 4.74 Å². The lowest BCUT2D eigenvalue weighted by atomic mass is 10.4. The fourth-order valence-electron chi connectivity index (χ4n) is 0.811. The molecular weight excluding hydrogens is 234 g/mol. The SMILES string of the molecule is CCOC(=O)CSc1ncc(C(C)=O)s1. The van der Waals surface area contributed by atoms with Gasteiger partial charge in [0.2, 0.25) is 0 Å². The van der Waals surface area contributed by atoms with Crippen molar-refractivity contribution >= 4 is 34.9 Å². The number of carbonyl (C=O) groups is 2. The van der Waals surface area contributed by atoms with Crippen LogP contribution in [0, 0.1) is 0 Å². The Hall–Kier alpha value is -0.880. The molecule has 0 atom stereocenters. The molecule has 82 valence electrons. The molecule has 1 rings (SSSR count). The van der Waals surface area contributed by atoms with Crippen molar-refractivity contribution in [2.45, 2.75) is 18.2 Å². The average molecular weight is 245 g/mol. The number of hydrogen-bond donors (Lipinski definition) is 0. The topological polar surface area (TPSA) is 56.3 Å². The number of esters is 1. The van der Waals surface area contributed by atoms with E-state index in [9.17, 15) is 9.59 Å². The van der Waals surface area contributed by atoms with Gasteiger partial charge in [-0.15, -0.1) is 11.3 Å². The summed E-state index contributed by atoms with van der Waals surface area (Å²) in [7, 11) is 0. The van der Waals surface area contributed by atoms with Gasteiger partial charge in [0, 0.05) is 6.92 Å². The van der Waals surface area contributed by atoms with Gasteiger partial charge in [0.25, 0.3) is 0 Å². The molecule has 1 aromatic rings. The van der Waals surface area contributed by atoms with Gasteiger partial charge in [0.05, 0.1) is 23.4 Å². The van der Waals surface area contributed by atoms with E-state index >= 15 is 0 Å². The predicted octanol–water partition coefficient (Wildman–Crippen LogP) is 2.00. The fraction of sp³-hybridized carbons (Fsp3) is 0.444. The van der Waals surface area contributed by atoms with E-state index < -0.39 is 0 Å². The molecule has 0 radical (unpaired) electrons. The number of thiazole rings is 1. The van der Waals surface area contributed by atoms with Crippen LogP contribution in [0.1, 0.15) is 23.5 Å². The molecular formula is C9H11NO3S2. The second kappa shape index (κ2) is 5.87. The van der Waals surface area contributed by atoms with Gasteiger partial charge in [-0.3, -0.25) is 9.59 Å². The molecule has 0 saturated carbocycles. The van der Waals surface area contributed by atoms with Crippen molar-refractivity contribution in [2.24, 2.45) is 0 Å². The van der Waals surface area contributed by atoms with Crippen molar-refractivity contribution < 1.29 is 14.3 Å². The van der Waals surface area contributed by atoms with Gasteiger partial charge in [-0.25, -0.2) is 4.98 Å². The van der Waals surface area contributed by atoms with E-state index in [2.05, 4.69) is 4.98 Å². The van der Waals surface area contributed by atoms with E-state index in [0.717, 1.165) is 0 Å². The Morgan fingerprint density at radius 1 is 1.60 bits per heavy atom. The normalized spacial score (nSPS) is 10.0. The Labute approximate surface area is 96.0 Å². The summed E-state index contributed by atoms with van der Waals surface area (Å²) in [6.45, 7) is 3.64. The Balaban J connectivity index is 2.44. The molecule has 0 aliphatic rings. The number of nitrogens with zero attached hydrogens (tertiary/aromatic N) is 1. The monoisotopic (exact) mass is 245 g/mol. The zero-order valence-electron chi connectivity index (χ0n) is 8.48. The Morgan fingerprint density at radius 2 is 2.33 bits per heavy atom. The molecule has 0 aromatic carbocycles. The zero-order valence-corrected chi connectivity index (χ0v) is 10.1. The highest BCUT2D eigenvalue weighted by molar-refractivity contribution is 8.01. The first-order valence-corrected chi connectivity index (χ1v) is 6.19. The van der Waals surface area contributed by atoms with E-state index in [1.807, 2.05) is 0 Å². The lowest BCUT2D eigenvalue weighted by Gasteiger charge is -1.98. The first kappa shape index (κ1) is 12.2. The van der Waals surface area contributed by atoms with Crippen LogP contribution in [-0.4, -0.2) is 29.1 Å². The molecule has 0 aliphatic heterocycles. The van der Waals surface area contributed by atoms with Crippen LogP contribution in [0.4, 0.5) is 0 Å². The van der Waals surface area contributed by atoms with Crippen molar-refractivity contribution in [2.75, 3.05) is 12.4 Å². The third-order valence-electron chi connectivity index (χ3n) is 1.45. The highest BCUT2D eigenvalue weighted by atomic mass is 32.2. The smallest absolute Gasteiger partial charge is 0.316 e. The van der Waals surface area contributed by atoms with Gasteiger partial charge in [-0.05, 0) is 6.92 Å². The molecule has 0 aliphatic carbocycles. The molecule has 0 N–H and O–H groups in total. The van der Waals surface area contributed by atoms with Gasteiger partial charge >= 0.3 is 5.97 Å². The summed E-state index contributed by atoms with van der Waals surface area (Å²) >= 11 is 2.58. The molecule has 15 heavy (non-hydrogen) atoms. The van der Waals surface area contributed by atoms with Crippen molar-refractivity contribution in [3.63, 3.8) is 0 Å².